The van der Waals surface area contributed by atoms with Crippen molar-refractivity contribution in [2.75, 3.05) is 7.11 Å². The van der Waals surface area contributed by atoms with E-state index in [1.165, 1.54) is 31.4 Å². The SMILES string of the molecule is COc1c(-c2cc(O)c(O)cc2CC=C(C)C)oc2ccc(O)c(O)c2c1=O. The highest BCUT2D eigenvalue weighted by Crippen LogP contribution is 2.41. The first-order valence-electron chi connectivity index (χ1n) is 8.49. The average molecular weight is 384 g/mol. The third kappa shape index (κ3) is 3.22. The van der Waals surface area contributed by atoms with E-state index < -0.39 is 16.9 Å². The van der Waals surface area contributed by atoms with Crippen molar-refractivity contribution >= 4 is 11.0 Å². The molecule has 0 bridgehead atoms. The van der Waals surface area contributed by atoms with Crippen molar-refractivity contribution in [2.45, 2.75) is 20.3 Å². The lowest BCUT2D eigenvalue weighted by molar-refractivity contribution is 0.392. The Bertz CT molecular complexity index is 1150. The van der Waals surface area contributed by atoms with Crippen LogP contribution in [0.1, 0.15) is 19.4 Å². The van der Waals surface area contributed by atoms with Crippen LogP contribution in [0.15, 0.2) is 45.1 Å². The lowest BCUT2D eigenvalue weighted by Crippen LogP contribution is -2.08. The van der Waals surface area contributed by atoms with Crippen molar-refractivity contribution < 1.29 is 29.6 Å². The van der Waals surface area contributed by atoms with Crippen molar-refractivity contribution in [2.24, 2.45) is 0 Å². The Labute approximate surface area is 160 Å². The predicted octanol–water partition coefficient (Wildman–Crippen LogP) is 3.80. The molecule has 3 rings (SSSR count). The van der Waals surface area contributed by atoms with Crippen LogP contribution in [-0.4, -0.2) is 27.5 Å². The maximum Gasteiger partial charge on any atom is 0.239 e. The van der Waals surface area contributed by atoms with E-state index in [2.05, 4.69) is 0 Å². The number of methoxy groups -OCH3 is 1. The van der Waals surface area contributed by atoms with Crippen LogP contribution in [0.5, 0.6) is 28.7 Å². The number of phenols is 4. The Balaban J connectivity index is 2.38. The van der Waals surface area contributed by atoms with Crippen LogP contribution in [0.4, 0.5) is 0 Å². The molecular weight excluding hydrogens is 364 g/mol. The van der Waals surface area contributed by atoms with E-state index in [9.17, 15) is 25.2 Å². The fourth-order valence-corrected chi connectivity index (χ4v) is 2.92. The van der Waals surface area contributed by atoms with Gasteiger partial charge in [-0.1, -0.05) is 11.6 Å². The normalized spacial score (nSPS) is 10.8. The molecule has 0 aliphatic heterocycles. The van der Waals surface area contributed by atoms with Gasteiger partial charge >= 0.3 is 0 Å². The summed E-state index contributed by atoms with van der Waals surface area (Å²) < 4.78 is 11.0. The highest BCUT2D eigenvalue weighted by atomic mass is 16.5. The fourth-order valence-electron chi connectivity index (χ4n) is 2.92. The predicted molar refractivity (Wildman–Crippen MR) is 104 cm³/mol. The molecule has 1 heterocycles. The summed E-state index contributed by atoms with van der Waals surface area (Å²) in [6, 6.07) is 5.23. The smallest absolute Gasteiger partial charge is 0.239 e. The van der Waals surface area contributed by atoms with Crippen LogP contribution in [0.3, 0.4) is 0 Å². The molecule has 146 valence electrons. The summed E-state index contributed by atoms with van der Waals surface area (Å²) in [7, 11) is 1.28. The number of benzene rings is 2. The van der Waals surface area contributed by atoms with Crippen LogP contribution in [0.2, 0.25) is 0 Å². The molecule has 0 aliphatic rings. The highest BCUT2D eigenvalue weighted by Gasteiger charge is 2.23. The molecule has 0 unspecified atom stereocenters. The molecule has 0 spiro atoms. The second-order valence-corrected chi connectivity index (χ2v) is 6.58. The van der Waals surface area contributed by atoms with Crippen LogP contribution in [0.25, 0.3) is 22.3 Å². The maximum atomic E-state index is 12.9. The topological polar surface area (TPSA) is 120 Å². The van der Waals surface area contributed by atoms with Crippen molar-refractivity contribution in [3.05, 3.63) is 51.7 Å². The van der Waals surface area contributed by atoms with E-state index in [0.29, 0.717) is 17.5 Å². The van der Waals surface area contributed by atoms with Crippen LogP contribution in [-0.2, 0) is 6.42 Å². The van der Waals surface area contributed by atoms with E-state index in [0.717, 1.165) is 5.57 Å². The Morgan fingerprint density at radius 2 is 1.75 bits per heavy atom. The molecule has 1 aromatic heterocycles. The number of phenolic OH excluding ortho intramolecular Hbond substituents is 4. The Morgan fingerprint density at radius 1 is 1.07 bits per heavy atom. The van der Waals surface area contributed by atoms with Gasteiger partial charge in [-0.25, -0.2) is 0 Å². The molecule has 3 aromatic rings. The van der Waals surface area contributed by atoms with Crippen molar-refractivity contribution in [3.63, 3.8) is 0 Å². The number of allylic oxidation sites excluding steroid dienone is 2. The minimum absolute atomic E-state index is 0.0387. The lowest BCUT2D eigenvalue weighted by atomic mass is 9.99. The van der Waals surface area contributed by atoms with Crippen LogP contribution < -0.4 is 10.2 Å². The van der Waals surface area contributed by atoms with E-state index >= 15 is 0 Å². The van der Waals surface area contributed by atoms with Gasteiger partial charge in [0.05, 0.1) is 7.11 Å². The second kappa shape index (κ2) is 7.19. The molecule has 0 saturated heterocycles. The number of hydrogen-bond acceptors (Lipinski definition) is 7. The van der Waals surface area contributed by atoms with E-state index in [1.54, 1.807) is 0 Å². The molecule has 0 atom stereocenters. The standard InChI is InChI=1S/C21H20O7/c1-10(2)4-5-11-8-14(23)15(24)9-12(11)20-21(27-3)19(26)17-16(28-20)7-6-13(22)18(17)25/h4,6-9,22-25H,5H2,1-3H3. The molecule has 0 saturated carbocycles. The number of hydrogen-bond donors (Lipinski definition) is 4. The van der Waals surface area contributed by atoms with Gasteiger partial charge in [-0.15, -0.1) is 0 Å². The van der Waals surface area contributed by atoms with Gasteiger partial charge in [0.2, 0.25) is 11.2 Å². The monoisotopic (exact) mass is 384 g/mol. The van der Waals surface area contributed by atoms with Crippen LogP contribution >= 0.6 is 0 Å². The Hall–Kier alpha value is -3.61. The molecule has 7 nitrogen and oxygen atoms in total. The first kappa shape index (κ1) is 19.2. The zero-order chi connectivity index (χ0) is 20.6. The Kier molecular flexibility index (Phi) is 4.92. The quantitative estimate of drug-likeness (QED) is 0.399. The molecule has 0 aliphatic carbocycles. The molecule has 7 heteroatoms. The van der Waals surface area contributed by atoms with Crippen molar-refractivity contribution in [3.8, 4) is 40.1 Å². The molecule has 0 fully saturated rings. The number of ether oxygens (including phenoxy) is 1. The lowest BCUT2D eigenvalue weighted by Gasteiger charge is -2.14. The van der Waals surface area contributed by atoms with Gasteiger partial charge in [-0.2, -0.15) is 0 Å². The zero-order valence-electron chi connectivity index (χ0n) is 15.6. The third-order valence-corrected chi connectivity index (χ3v) is 4.35. The first-order chi connectivity index (χ1) is 13.2. The highest BCUT2D eigenvalue weighted by molar-refractivity contribution is 5.89. The third-order valence-electron chi connectivity index (χ3n) is 4.35. The minimum Gasteiger partial charge on any atom is -0.504 e. The number of fused-ring (bicyclic) bond motifs is 1. The zero-order valence-corrected chi connectivity index (χ0v) is 15.6. The number of aromatic hydroxyl groups is 4. The van der Waals surface area contributed by atoms with Gasteiger partial charge in [0, 0.05) is 5.56 Å². The molecule has 4 N–H and O–H groups in total. The van der Waals surface area contributed by atoms with Crippen LogP contribution in [0, 0.1) is 0 Å². The molecule has 28 heavy (non-hydrogen) atoms. The summed E-state index contributed by atoms with van der Waals surface area (Å²) in [5, 5.41) is 39.4. The van der Waals surface area contributed by atoms with E-state index in [4.69, 9.17) is 9.15 Å². The first-order valence-corrected chi connectivity index (χ1v) is 8.49. The molecule has 2 aromatic carbocycles. The van der Waals surface area contributed by atoms with Gasteiger partial charge in [0.15, 0.2) is 28.8 Å². The van der Waals surface area contributed by atoms with Gasteiger partial charge in [-0.3, -0.25) is 4.79 Å². The van der Waals surface area contributed by atoms with Gasteiger partial charge in [0.25, 0.3) is 0 Å². The van der Waals surface area contributed by atoms with E-state index in [1.807, 2.05) is 19.9 Å². The summed E-state index contributed by atoms with van der Waals surface area (Å²) >= 11 is 0. The summed E-state index contributed by atoms with van der Waals surface area (Å²) in [4.78, 5) is 12.9. The van der Waals surface area contributed by atoms with Gasteiger partial charge in [-0.05, 0) is 50.1 Å². The second-order valence-electron chi connectivity index (χ2n) is 6.58. The molecule has 0 radical (unpaired) electrons. The average Bonchev–Trinajstić information content (AvgIpc) is 2.65. The minimum atomic E-state index is -0.673. The van der Waals surface area contributed by atoms with Gasteiger partial charge in [0.1, 0.15) is 11.0 Å². The fraction of sp³-hybridized carbons (Fsp3) is 0.190. The molecular formula is C21H20O7. The van der Waals surface area contributed by atoms with E-state index in [-0.39, 0.29) is 34.0 Å². The van der Waals surface area contributed by atoms with Crippen molar-refractivity contribution in [1.82, 2.24) is 0 Å². The summed E-state index contributed by atoms with van der Waals surface area (Å²) in [6.45, 7) is 3.85. The largest absolute Gasteiger partial charge is 0.504 e. The summed E-state index contributed by atoms with van der Waals surface area (Å²) in [6.07, 6.45) is 2.34. The number of rotatable bonds is 4. The maximum absolute atomic E-state index is 12.9. The van der Waals surface area contributed by atoms with Crippen molar-refractivity contribution in [1.29, 1.82) is 0 Å². The van der Waals surface area contributed by atoms with Gasteiger partial charge < -0.3 is 29.6 Å². The summed E-state index contributed by atoms with van der Waals surface area (Å²) in [5.41, 5.74) is 1.37. The Morgan fingerprint density at radius 3 is 2.39 bits per heavy atom. The molecule has 0 amide bonds. The summed E-state index contributed by atoms with van der Waals surface area (Å²) in [5.74, 6) is -1.90.